The maximum absolute atomic E-state index is 13.5. The zero-order chi connectivity index (χ0) is 17.3. The molecule has 7 nitrogen and oxygen atoms in total. The van der Waals surface area contributed by atoms with Crippen LogP contribution in [-0.2, 0) is 10.0 Å². The minimum Gasteiger partial charge on any atom is -0.493 e. The minimum atomic E-state index is -4.02. The third-order valence-electron chi connectivity index (χ3n) is 3.63. The maximum Gasteiger partial charge on any atom is 0.287 e. The molecule has 128 valence electrons. The van der Waals surface area contributed by atoms with Crippen LogP contribution >= 0.6 is 0 Å². The number of amides is 1. The van der Waals surface area contributed by atoms with Crippen LogP contribution < -0.4 is 15.2 Å². The fourth-order valence-electron chi connectivity index (χ4n) is 2.52. The Morgan fingerprint density at radius 1 is 1.29 bits per heavy atom. The summed E-state index contributed by atoms with van der Waals surface area (Å²) in [5, 5.41) is 7.16. The van der Waals surface area contributed by atoms with Gasteiger partial charge >= 0.3 is 0 Å². The number of carbonyl (C=O) groups is 1. The first-order chi connectivity index (χ1) is 11.3. The molecule has 1 aromatic heterocycles. The Hall–Kier alpha value is -2.39. The molecule has 1 atom stereocenters. The molecule has 1 aliphatic heterocycles. The number of benzene rings is 1. The largest absolute Gasteiger partial charge is 0.493 e. The summed E-state index contributed by atoms with van der Waals surface area (Å²) in [4.78, 5) is 12.3. The Balaban J connectivity index is 1.84. The molecule has 0 radical (unpaired) electrons. The molecule has 0 unspecified atom stereocenters. The van der Waals surface area contributed by atoms with Crippen LogP contribution in [0.25, 0.3) is 0 Å². The Bertz CT molecular complexity index is 878. The lowest BCUT2D eigenvalue weighted by Gasteiger charge is -2.17. The van der Waals surface area contributed by atoms with Crippen molar-refractivity contribution in [2.24, 2.45) is 5.14 Å². The number of ether oxygens (including phenoxy) is 1. The van der Waals surface area contributed by atoms with E-state index in [9.17, 15) is 17.6 Å². The second-order valence-corrected chi connectivity index (χ2v) is 6.85. The van der Waals surface area contributed by atoms with Gasteiger partial charge < -0.3 is 14.5 Å². The molecule has 2 aromatic rings. The number of hydrogen-bond acceptors (Lipinski definition) is 5. The molecule has 0 saturated heterocycles. The van der Waals surface area contributed by atoms with Gasteiger partial charge in [-0.3, -0.25) is 4.79 Å². The van der Waals surface area contributed by atoms with Gasteiger partial charge in [-0.05, 0) is 43.2 Å². The average Bonchev–Trinajstić information content (AvgIpc) is 2.94. The lowest BCUT2D eigenvalue weighted by Crippen LogP contribution is -2.28. The maximum atomic E-state index is 13.5. The Morgan fingerprint density at radius 3 is 2.79 bits per heavy atom. The number of halogens is 1. The van der Waals surface area contributed by atoms with E-state index in [1.165, 1.54) is 24.3 Å². The number of primary sulfonamides is 1. The predicted molar refractivity (Wildman–Crippen MR) is 81.4 cm³/mol. The van der Waals surface area contributed by atoms with Crippen molar-refractivity contribution in [1.82, 2.24) is 5.32 Å². The van der Waals surface area contributed by atoms with Crippen molar-refractivity contribution >= 4 is 15.9 Å². The molecule has 1 aromatic carbocycles. The molecule has 2 heterocycles. The highest BCUT2D eigenvalue weighted by Crippen LogP contribution is 2.32. The van der Waals surface area contributed by atoms with Crippen molar-refractivity contribution in [3.05, 3.63) is 47.5 Å². The van der Waals surface area contributed by atoms with E-state index >= 15 is 0 Å². The average molecular weight is 354 g/mol. The van der Waals surface area contributed by atoms with E-state index in [1.807, 2.05) is 0 Å². The number of nitrogens with one attached hydrogen (secondary N) is 1. The second kappa shape index (κ2) is 6.25. The summed E-state index contributed by atoms with van der Waals surface area (Å²) in [6, 6.07) is 5.95. The normalized spacial score (nSPS) is 17.5. The Morgan fingerprint density at radius 2 is 2.08 bits per heavy atom. The van der Waals surface area contributed by atoms with Crippen LogP contribution in [0.2, 0.25) is 0 Å². The summed E-state index contributed by atoms with van der Waals surface area (Å²) in [5.74, 6) is -0.744. The van der Waals surface area contributed by atoms with E-state index in [1.54, 1.807) is 0 Å². The predicted octanol–water partition coefficient (Wildman–Crippen LogP) is 1.71. The first kappa shape index (κ1) is 16.5. The fraction of sp³-hybridized carbons (Fsp3) is 0.267. The number of fused-ring (bicyclic) bond motifs is 1. The number of carbonyl (C=O) groups excluding carboxylic acids is 1. The summed E-state index contributed by atoms with van der Waals surface area (Å²) in [7, 11) is -4.02. The van der Waals surface area contributed by atoms with E-state index in [0.717, 1.165) is 6.07 Å². The molecule has 1 aliphatic rings. The summed E-state index contributed by atoms with van der Waals surface area (Å²) >= 11 is 0. The van der Waals surface area contributed by atoms with E-state index in [-0.39, 0.29) is 5.76 Å². The van der Waals surface area contributed by atoms with Gasteiger partial charge in [-0.25, -0.2) is 17.9 Å². The van der Waals surface area contributed by atoms with Gasteiger partial charge in [-0.1, -0.05) is 0 Å². The summed E-state index contributed by atoms with van der Waals surface area (Å²) in [5.41, 5.74) is 0.527. The standard InChI is InChI=1S/C15H15FN2O5S/c16-9-3-4-12-10(8-9)11(2-1-7-22-12)18-15(19)13-5-6-14(23-13)24(17,20)21/h3-6,8,11H,1-2,7H2,(H,18,19)(H2,17,20,21)/t11-/m1/s1. The van der Waals surface area contributed by atoms with Gasteiger partial charge in [0.05, 0.1) is 12.6 Å². The van der Waals surface area contributed by atoms with E-state index in [0.29, 0.717) is 30.8 Å². The van der Waals surface area contributed by atoms with E-state index in [2.05, 4.69) is 5.32 Å². The molecule has 0 saturated carbocycles. The van der Waals surface area contributed by atoms with Gasteiger partial charge in [0.25, 0.3) is 15.9 Å². The molecule has 0 aliphatic carbocycles. The first-order valence-electron chi connectivity index (χ1n) is 7.20. The van der Waals surface area contributed by atoms with Crippen LogP contribution in [0, 0.1) is 5.82 Å². The van der Waals surface area contributed by atoms with Crippen LogP contribution in [0.5, 0.6) is 5.75 Å². The summed E-state index contributed by atoms with van der Waals surface area (Å²) in [6.45, 7) is 0.460. The van der Waals surface area contributed by atoms with Crippen LogP contribution in [0.15, 0.2) is 39.8 Å². The molecule has 3 N–H and O–H groups in total. The van der Waals surface area contributed by atoms with Crippen molar-refractivity contribution in [3.8, 4) is 5.75 Å². The van der Waals surface area contributed by atoms with E-state index in [4.69, 9.17) is 14.3 Å². The zero-order valence-electron chi connectivity index (χ0n) is 12.5. The van der Waals surface area contributed by atoms with Crippen molar-refractivity contribution in [3.63, 3.8) is 0 Å². The second-order valence-electron chi connectivity index (χ2n) is 5.36. The lowest BCUT2D eigenvalue weighted by molar-refractivity contribution is 0.0901. The summed E-state index contributed by atoms with van der Waals surface area (Å²) < 4.78 is 46.4. The highest BCUT2D eigenvalue weighted by Gasteiger charge is 2.24. The van der Waals surface area contributed by atoms with Crippen LogP contribution in [0.4, 0.5) is 4.39 Å². The third-order valence-corrected chi connectivity index (χ3v) is 4.41. The topological polar surface area (TPSA) is 112 Å². The number of rotatable bonds is 3. The van der Waals surface area contributed by atoms with Crippen molar-refractivity contribution in [2.75, 3.05) is 6.61 Å². The molecule has 0 bridgehead atoms. The number of sulfonamides is 1. The molecule has 1 amide bonds. The van der Waals surface area contributed by atoms with Gasteiger partial charge in [0.15, 0.2) is 5.76 Å². The Kier molecular flexibility index (Phi) is 4.29. The van der Waals surface area contributed by atoms with Gasteiger partial charge in [-0.15, -0.1) is 0 Å². The SMILES string of the molecule is NS(=O)(=O)c1ccc(C(=O)N[C@@H]2CCCOc3ccc(F)cc32)o1. The van der Waals surface area contributed by atoms with Crippen molar-refractivity contribution < 1.29 is 26.8 Å². The first-order valence-corrected chi connectivity index (χ1v) is 8.75. The van der Waals surface area contributed by atoms with Crippen molar-refractivity contribution in [1.29, 1.82) is 0 Å². The number of furan rings is 1. The molecule has 0 spiro atoms. The molecule has 0 fully saturated rings. The van der Waals surface area contributed by atoms with Crippen LogP contribution in [0.3, 0.4) is 0 Å². The smallest absolute Gasteiger partial charge is 0.287 e. The number of nitrogens with two attached hydrogens (primary N) is 1. The quantitative estimate of drug-likeness (QED) is 0.871. The molecular formula is C15H15FN2O5S. The van der Waals surface area contributed by atoms with Crippen molar-refractivity contribution in [2.45, 2.75) is 24.0 Å². The highest BCUT2D eigenvalue weighted by molar-refractivity contribution is 7.89. The zero-order valence-corrected chi connectivity index (χ0v) is 13.3. The van der Waals surface area contributed by atoms with E-state index < -0.39 is 32.9 Å². The fourth-order valence-corrected chi connectivity index (χ4v) is 2.99. The monoisotopic (exact) mass is 354 g/mol. The lowest BCUT2D eigenvalue weighted by atomic mass is 10.0. The highest BCUT2D eigenvalue weighted by atomic mass is 32.2. The third kappa shape index (κ3) is 3.41. The minimum absolute atomic E-state index is 0.192. The van der Waals surface area contributed by atoms with Gasteiger partial charge in [0.1, 0.15) is 11.6 Å². The van der Waals surface area contributed by atoms with Crippen LogP contribution in [0.1, 0.15) is 35.0 Å². The molecule has 3 rings (SSSR count). The molecule has 9 heteroatoms. The summed E-state index contributed by atoms with van der Waals surface area (Å²) in [6.07, 6.45) is 1.22. The van der Waals surface area contributed by atoms with Gasteiger partial charge in [0.2, 0.25) is 5.09 Å². The molecular weight excluding hydrogens is 339 g/mol. The number of hydrogen-bond donors (Lipinski definition) is 2. The van der Waals surface area contributed by atoms with Gasteiger partial charge in [-0.2, -0.15) is 0 Å². The van der Waals surface area contributed by atoms with Gasteiger partial charge in [0, 0.05) is 5.56 Å². The van der Waals surface area contributed by atoms with Crippen LogP contribution in [-0.4, -0.2) is 20.9 Å². The Labute approximate surface area is 137 Å². The molecule has 24 heavy (non-hydrogen) atoms.